The van der Waals surface area contributed by atoms with E-state index in [0.29, 0.717) is 18.5 Å². The van der Waals surface area contributed by atoms with Gasteiger partial charge in [0.15, 0.2) is 0 Å². The van der Waals surface area contributed by atoms with Gasteiger partial charge in [-0.15, -0.1) is 0 Å². The van der Waals surface area contributed by atoms with Crippen LogP contribution in [-0.2, 0) is 9.59 Å². The zero-order chi connectivity index (χ0) is 12.8. The van der Waals surface area contributed by atoms with E-state index in [9.17, 15) is 9.59 Å². The molecule has 0 saturated heterocycles. The highest BCUT2D eigenvalue weighted by Gasteiger charge is 2.23. The van der Waals surface area contributed by atoms with Gasteiger partial charge in [0.2, 0.25) is 11.8 Å². The number of carbonyl (C=O) groups is 2. The van der Waals surface area contributed by atoms with Crippen molar-refractivity contribution in [2.75, 3.05) is 13.1 Å². The second kappa shape index (κ2) is 6.59. The van der Waals surface area contributed by atoms with E-state index in [1.165, 1.54) is 0 Å². The van der Waals surface area contributed by atoms with Crippen molar-refractivity contribution < 1.29 is 9.59 Å². The van der Waals surface area contributed by atoms with E-state index < -0.39 is 0 Å². The summed E-state index contributed by atoms with van der Waals surface area (Å²) in [6.45, 7) is 6.72. The molecular weight excluding hydrogens is 218 g/mol. The summed E-state index contributed by atoms with van der Waals surface area (Å²) in [5.74, 6) is 0.346. The third-order valence-corrected chi connectivity index (χ3v) is 2.59. The first-order valence-corrected chi connectivity index (χ1v) is 6.29. The van der Waals surface area contributed by atoms with Crippen molar-refractivity contribution in [1.82, 2.24) is 16.0 Å². The molecule has 0 aromatic rings. The molecule has 0 aromatic carbocycles. The van der Waals surface area contributed by atoms with Crippen molar-refractivity contribution >= 4 is 11.8 Å². The highest BCUT2D eigenvalue weighted by atomic mass is 16.2. The summed E-state index contributed by atoms with van der Waals surface area (Å²) in [6.07, 6.45) is 2.16. The standard InChI is InChI=1S/C12H23N3O2/c1-8(2)6-14-12(17)9(3)13-7-11(16)15-10-4-5-10/h8-10,13H,4-7H2,1-3H3,(H,14,17)(H,15,16). The van der Waals surface area contributed by atoms with Gasteiger partial charge in [-0.05, 0) is 25.7 Å². The topological polar surface area (TPSA) is 70.2 Å². The van der Waals surface area contributed by atoms with Crippen LogP contribution in [0.5, 0.6) is 0 Å². The normalized spacial score (nSPS) is 16.7. The zero-order valence-electron chi connectivity index (χ0n) is 10.9. The largest absolute Gasteiger partial charge is 0.354 e. The predicted octanol–water partition coefficient (Wildman–Crippen LogP) is 0.0153. The van der Waals surface area contributed by atoms with Crippen LogP contribution in [0.15, 0.2) is 0 Å². The molecule has 0 aromatic heterocycles. The lowest BCUT2D eigenvalue weighted by Crippen LogP contribution is -2.46. The van der Waals surface area contributed by atoms with Crippen molar-refractivity contribution in [2.24, 2.45) is 5.92 Å². The molecule has 5 nitrogen and oxygen atoms in total. The van der Waals surface area contributed by atoms with E-state index in [-0.39, 0.29) is 24.4 Å². The summed E-state index contributed by atoms with van der Waals surface area (Å²) in [5.41, 5.74) is 0. The molecule has 3 N–H and O–H groups in total. The maximum atomic E-state index is 11.6. The van der Waals surface area contributed by atoms with Gasteiger partial charge in [-0.3, -0.25) is 14.9 Å². The highest BCUT2D eigenvalue weighted by molar-refractivity contribution is 5.83. The SMILES string of the molecule is CC(C)CNC(=O)C(C)NCC(=O)NC1CC1. The summed E-state index contributed by atoms with van der Waals surface area (Å²) in [4.78, 5) is 23.0. The number of carbonyl (C=O) groups excluding carboxylic acids is 2. The molecule has 2 amide bonds. The maximum absolute atomic E-state index is 11.6. The van der Waals surface area contributed by atoms with Crippen molar-refractivity contribution in [3.63, 3.8) is 0 Å². The quantitative estimate of drug-likeness (QED) is 0.588. The molecule has 0 heterocycles. The number of rotatable bonds is 7. The fraction of sp³-hybridized carbons (Fsp3) is 0.833. The third-order valence-electron chi connectivity index (χ3n) is 2.59. The predicted molar refractivity (Wildman–Crippen MR) is 66.5 cm³/mol. The minimum Gasteiger partial charge on any atom is -0.354 e. The number of nitrogens with one attached hydrogen (secondary N) is 3. The number of amides is 2. The lowest BCUT2D eigenvalue weighted by atomic mass is 10.2. The minimum atomic E-state index is -0.335. The van der Waals surface area contributed by atoms with Gasteiger partial charge >= 0.3 is 0 Å². The summed E-state index contributed by atoms with van der Waals surface area (Å²) < 4.78 is 0. The van der Waals surface area contributed by atoms with Crippen LogP contribution in [-0.4, -0.2) is 37.0 Å². The lowest BCUT2D eigenvalue weighted by molar-refractivity contribution is -0.123. The Bertz CT molecular complexity index is 275. The van der Waals surface area contributed by atoms with Crippen LogP contribution in [0, 0.1) is 5.92 Å². The van der Waals surface area contributed by atoms with Crippen LogP contribution in [0.3, 0.4) is 0 Å². The van der Waals surface area contributed by atoms with Gasteiger partial charge in [-0.25, -0.2) is 0 Å². The molecule has 17 heavy (non-hydrogen) atoms. The monoisotopic (exact) mass is 241 g/mol. The van der Waals surface area contributed by atoms with E-state index >= 15 is 0 Å². The highest BCUT2D eigenvalue weighted by Crippen LogP contribution is 2.18. The van der Waals surface area contributed by atoms with Gasteiger partial charge in [-0.2, -0.15) is 0 Å². The second-order valence-electron chi connectivity index (χ2n) is 5.08. The molecule has 1 unspecified atom stereocenters. The van der Waals surface area contributed by atoms with Gasteiger partial charge in [-0.1, -0.05) is 13.8 Å². The fourth-order valence-corrected chi connectivity index (χ4v) is 1.30. The minimum absolute atomic E-state index is 0.0315. The lowest BCUT2D eigenvalue weighted by Gasteiger charge is -2.14. The van der Waals surface area contributed by atoms with Crippen LogP contribution in [0.25, 0.3) is 0 Å². The van der Waals surface area contributed by atoms with Crippen LogP contribution in [0.1, 0.15) is 33.6 Å². The first-order valence-electron chi connectivity index (χ1n) is 6.29. The van der Waals surface area contributed by atoms with E-state index in [0.717, 1.165) is 12.8 Å². The average molecular weight is 241 g/mol. The molecule has 98 valence electrons. The molecule has 5 heteroatoms. The molecule has 0 bridgehead atoms. The van der Waals surface area contributed by atoms with Crippen molar-refractivity contribution in [2.45, 2.75) is 45.7 Å². The van der Waals surface area contributed by atoms with Crippen molar-refractivity contribution in [3.8, 4) is 0 Å². The number of hydrogen-bond donors (Lipinski definition) is 3. The molecule has 1 aliphatic carbocycles. The molecule has 1 atom stereocenters. The average Bonchev–Trinajstić information content (AvgIpc) is 3.06. The van der Waals surface area contributed by atoms with Gasteiger partial charge in [0.1, 0.15) is 0 Å². The molecule has 1 fully saturated rings. The van der Waals surface area contributed by atoms with Gasteiger partial charge in [0.25, 0.3) is 0 Å². The summed E-state index contributed by atoms with van der Waals surface area (Å²) in [6, 6.07) is 0.0353. The molecule has 0 spiro atoms. The van der Waals surface area contributed by atoms with E-state index in [1.807, 2.05) is 13.8 Å². The Labute approximate surface area is 103 Å². The molecule has 1 saturated carbocycles. The Morgan fingerprint density at radius 3 is 2.41 bits per heavy atom. The Kier molecular flexibility index (Phi) is 5.41. The molecular formula is C12H23N3O2. The van der Waals surface area contributed by atoms with Crippen molar-refractivity contribution in [3.05, 3.63) is 0 Å². The summed E-state index contributed by atoms with van der Waals surface area (Å²) >= 11 is 0. The van der Waals surface area contributed by atoms with E-state index in [4.69, 9.17) is 0 Å². The smallest absolute Gasteiger partial charge is 0.236 e. The maximum Gasteiger partial charge on any atom is 0.236 e. The van der Waals surface area contributed by atoms with Crippen LogP contribution >= 0.6 is 0 Å². The molecule has 1 rings (SSSR count). The van der Waals surface area contributed by atoms with Crippen LogP contribution in [0.4, 0.5) is 0 Å². The van der Waals surface area contributed by atoms with Crippen LogP contribution < -0.4 is 16.0 Å². The third kappa shape index (κ3) is 6.26. The molecule has 0 aliphatic heterocycles. The van der Waals surface area contributed by atoms with Gasteiger partial charge in [0, 0.05) is 12.6 Å². The Morgan fingerprint density at radius 1 is 1.24 bits per heavy atom. The first kappa shape index (κ1) is 14.0. The summed E-state index contributed by atoms with van der Waals surface area (Å²) in [7, 11) is 0. The van der Waals surface area contributed by atoms with Crippen LogP contribution in [0.2, 0.25) is 0 Å². The van der Waals surface area contributed by atoms with Gasteiger partial charge < -0.3 is 10.6 Å². The Balaban J connectivity index is 2.11. The molecule has 0 radical (unpaired) electrons. The zero-order valence-corrected chi connectivity index (χ0v) is 10.9. The summed E-state index contributed by atoms with van der Waals surface area (Å²) in [5, 5.41) is 8.61. The number of hydrogen-bond acceptors (Lipinski definition) is 3. The second-order valence-corrected chi connectivity index (χ2v) is 5.08. The Hall–Kier alpha value is -1.10. The Morgan fingerprint density at radius 2 is 1.88 bits per heavy atom. The van der Waals surface area contributed by atoms with Gasteiger partial charge in [0.05, 0.1) is 12.6 Å². The molecule has 1 aliphatic rings. The van der Waals surface area contributed by atoms with E-state index in [1.54, 1.807) is 6.92 Å². The first-order chi connectivity index (χ1) is 7.99. The van der Waals surface area contributed by atoms with Crippen molar-refractivity contribution in [1.29, 1.82) is 0 Å². The fourth-order valence-electron chi connectivity index (χ4n) is 1.30. The van der Waals surface area contributed by atoms with E-state index in [2.05, 4.69) is 16.0 Å².